The number of nitrogens with one attached hydrogen (secondary N) is 2. The fraction of sp³-hybridized carbons (Fsp3) is 0.333. The summed E-state index contributed by atoms with van der Waals surface area (Å²) in [5, 5.41) is 9.05. The number of nitrogens with zero attached hydrogens (tertiary/aromatic N) is 2. The number of thiophene rings is 1. The van der Waals surface area contributed by atoms with Crippen LogP contribution in [0.5, 0.6) is 5.75 Å². The Morgan fingerprint density at radius 1 is 1.20 bits per heavy atom. The lowest BCUT2D eigenvalue weighted by Gasteiger charge is -2.27. The first kappa shape index (κ1) is 17.7. The van der Waals surface area contributed by atoms with Crippen LogP contribution < -0.4 is 20.4 Å². The summed E-state index contributed by atoms with van der Waals surface area (Å²) >= 11 is 7.02. The van der Waals surface area contributed by atoms with Crippen LogP contribution in [0.15, 0.2) is 41.5 Å². The number of methoxy groups -OCH3 is 1. The van der Waals surface area contributed by atoms with Gasteiger partial charge in [-0.15, -0.1) is 11.3 Å². The van der Waals surface area contributed by atoms with Gasteiger partial charge in [-0.25, -0.2) is 0 Å². The molecule has 7 heteroatoms. The van der Waals surface area contributed by atoms with E-state index in [1.165, 1.54) is 24.3 Å². The number of hydrogen-bond donors (Lipinski definition) is 2. The van der Waals surface area contributed by atoms with Gasteiger partial charge in [0.1, 0.15) is 5.75 Å². The third kappa shape index (κ3) is 4.93. The monoisotopic (exact) mass is 374 g/mol. The van der Waals surface area contributed by atoms with Gasteiger partial charge in [0, 0.05) is 18.0 Å². The Morgan fingerprint density at radius 3 is 2.80 bits per heavy atom. The van der Waals surface area contributed by atoms with Gasteiger partial charge in [0.15, 0.2) is 5.11 Å². The topological polar surface area (TPSA) is 48.9 Å². The fourth-order valence-electron chi connectivity index (χ4n) is 2.75. The molecule has 1 aromatic heterocycles. The number of piperidine rings is 1. The van der Waals surface area contributed by atoms with Gasteiger partial charge in [-0.3, -0.25) is 5.43 Å². The Kier molecular flexibility index (Phi) is 6.25. The summed E-state index contributed by atoms with van der Waals surface area (Å²) in [7, 11) is 1.63. The lowest BCUT2D eigenvalue weighted by molar-refractivity contribution is 0.417. The number of benzene rings is 1. The van der Waals surface area contributed by atoms with E-state index >= 15 is 0 Å². The Balaban J connectivity index is 1.52. The van der Waals surface area contributed by atoms with E-state index in [9.17, 15) is 0 Å². The third-order valence-electron chi connectivity index (χ3n) is 3.99. The van der Waals surface area contributed by atoms with E-state index in [1.54, 1.807) is 24.7 Å². The largest absolute Gasteiger partial charge is 0.495 e. The van der Waals surface area contributed by atoms with Crippen LogP contribution in [0.2, 0.25) is 0 Å². The molecule has 5 nitrogen and oxygen atoms in total. The summed E-state index contributed by atoms with van der Waals surface area (Å²) in [6.45, 7) is 2.31. The van der Waals surface area contributed by atoms with Gasteiger partial charge in [-0.05, 0) is 55.7 Å². The van der Waals surface area contributed by atoms with Crippen molar-refractivity contribution in [2.45, 2.75) is 19.3 Å². The molecule has 1 aromatic carbocycles. The number of thiocarbonyl (C=S) groups is 1. The maximum Gasteiger partial charge on any atom is 0.191 e. The quantitative estimate of drug-likeness (QED) is 0.469. The number of anilines is 2. The van der Waals surface area contributed by atoms with E-state index in [-0.39, 0.29) is 0 Å². The molecule has 1 fully saturated rings. The van der Waals surface area contributed by atoms with Crippen LogP contribution in [0.3, 0.4) is 0 Å². The highest BCUT2D eigenvalue weighted by atomic mass is 32.1. The molecule has 0 saturated carbocycles. The number of ether oxygens (including phenoxy) is 1. The molecule has 1 aliphatic heterocycles. The van der Waals surface area contributed by atoms with Gasteiger partial charge in [-0.2, -0.15) is 5.10 Å². The summed E-state index contributed by atoms with van der Waals surface area (Å²) in [4.78, 5) is 3.56. The van der Waals surface area contributed by atoms with Crippen molar-refractivity contribution >= 4 is 45.6 Å². The van der Waals surface area contributed by atoms with E-state index in [2.05, 4.69) is 32.9 Å². The van der Waals surface area contributed by atoms with E-state index in [0.29, 0.717) is 5.11 Å². The molecule has 0 amide bonds. The zero-order valence-electron chi connectivity index (χ0n) is 14.2. The molecule has 0 atom stereocenters. The molecule has 3 rings (SSSR count). The molecule has 2 aromatic rings. The molecule has 0 bridgehead atoms. The average molecular weight is 375 g/mol. The predicted octanol–water partition coefficient (Wildman–Crippen LogP) is 4.07. The zero-order valence-corrected chi connectivity index (χ0v) is 15.8. The fourth-order valence-corrected chi connectivity index (χ4v) is 3.84. The van der Waals surface area contributed by atoms with Gasteiger partial charge >= 0.3 is 0 Å². The highest BCUT2D eigenvalue weighted by molar-refractivity contribution is 7.80. The smallest absolute Gasteiger partial charge is 0.191 e. The van der Waals surface area contributed by atoms with Gasteiger partial charge < -0.3 is 15.0 Å². The van der Waals surface area contributed by atoms with Crippen LogP contribution in [0.25, 0.3) is 0 Å². The molecule has 0 unspecified atom stereocenters. The first-order valence-electron chi connectivity index (χ1n) is 8.34. The van der Waals surface area contributed by atoms with E-state index in [0.717, 1.165) is 29.4 Å². The number of rotatable bonds is 5. The second kappa shape index (κ2) is 8.82. The lowest BCUT2D eigenvalue weighted by atomic mass is 10.1. The first-order chi connectivity index (χ1) is 12.3. The van der Waals surface area contributed by atoms with Gasteiger partial charge in [0.05, 0.1) is 24.0 Å². The standard InChI is InChI=1S/C18H22N4OS2/c1-23-16-8-4-3-7-15(16)20-18(24)21-19-13-14-9-10-17(25-14)22-11-5-2-6-12-22/h3-4,7-10,13H,2,5-6,11-12H2,1H3,(H2,20,21,24)/b19-13-. The summed E-state index contributed by atoms with van der Waals surface area (Å²) in [5.74, 6) is 0.736. The van der Waals surface area contributed by atoms with Crippen molar-refractivity contribution in [3.05, 3.63) is 41.3 Å². The predicted molar refractivity (Wildman–Crippen MR) is 110 cm³/mol. The first-order valence-corrected chi connectivity index (χ1v) is 9.56. The molecule has 0 spiro atoms. The SMILES string of the molecule is COc1ccccc1NC(=S)N/N=C\c1ccc(N2CCCCC2)s1. The molecular formula is C18H22N4OS2. The van der Waals surface area contributed by atoms with Crippen molar-refractivity contribution in [1.29, 1.82) is 0 Å². The van der Waals surface area contributed by atoms with Gasteiger partial charge in [0.25, 0.3) is 0 Å². The Hall–Kier alpha value is -2.12. The number of para-hydroxylation sites is 2. The van der Waals surface area contributed by atoms with Crippen LogP contribution in [0.1, 0.15) is 24.1 Å². The third-order valence-corrected chi connectivity index (χ3v) is 5.27. The summed E-state index contributed by atoms with van der Waals surface area (Å²) in [6, 6.07) is 11.9. The minimum absolute atomic E-state index is 0.425. The number of hydrazone groups is 1. The van der Waals surface area contributed by atoms with Crippen molar-refractivity contribution in [3.8, 4) is 5.75 Å². The van der Waals surface area contributed by atoms with Crippen molar-refractivity contribution in [3.63, 3.8) is 0 Å². The van der Waals surface area contributed by atoms with Crippen LogP contribution in [-0.2, 0) is 0 Å². The van der Waals surface area contributed by atoms with Crippen LogP contribution in [-0.4, -0.2) is 31.5 Å². The highest BCUT2D eigenvalue weighted by Crippen LogP contribution is 2.27. The molecule has 0 radical (unpaired) electrons. The molecule has 1 aliphatic rings. The average Bonchev–Trinajstić information content (AvgIpc) is 3.12. The lowest BCUT2D eigenvalue weighted by Crippen LogP contribution is -2.28. The van der Waals surface area contributed by atoms with Crippen LogP contribution in [0, 0.1) is 0 Å². The Bertz CT molecular complexity index is 738. The Morgan fingerprint density at radius 2 is 2.00 bits per heavy atom. The molecule has 25 heavy (non-hydrogen) atoms. The van der Waals surface area contributed by atoms with E-state index in [1.807, 2.05) is 24.3 Å². The second-order valence-corrected chi connectivity index (χ2v) is 7.25. The molecule has 2 N–H and O–H groups in total. The molecule has 1 saturated heterocycles. The molecular weight excluding hydrogens is 352 g/mol. The normalized spacial score (nSPS) is 14.5. The highest BCUT2D eigenvalue weighted by Gasteiger charge is 2.12. The molecule has 2 heterocycles. The van der Waals surface area contributed by atoms with Crippen LogP contribution >= 0.6 is 23.6 Å². The van der Waals surface area contributed by atoms with Crippen molar-refractivity contribution in [1.82, 2.24) is 5.43 Å². The molecule has 132 valence electrons. The minimum atomic E-state index is 0.425. The summed E-state index contributed by atoms with van der Waals surface area (Å²) in [5.41, 5.74) is 3.65. The van der Waals surface area contributed by atoms with Crippen LogP contribution in [0.4, 0.5) is 10.7 Å². The maximum absolute atomic E-state index is 5.29. The second-order valence-electron chi connectivity index (χ2n) is 5.75. The van der Waals surface area contributed by atoms with E-state index in [4.69, 9.17) is 17.0 Å². The molecule has 0 aliphatic carbocycles. The number of hydrogen-bond acceptors (Lipinski definition) is 5. The van der Waals surface area contributed by atoms with Crippen molar-refractivity contribution in [2.75, 3.05) is 30.4 Å². The zero-order chi connectivity index (χ0) is 17.5. The van der Waals surface area contributed by atoms with Crippen molar-refractivity contribution < 1.29 is 4.74 Å². The summed E-state index contributed by atoms with van der Waals surface area (Å²) in [6.07, 6.45) is 5.71. The maximum atomic E-state index is 5.29. The Labute approximate surface area is 157 Å². The van der Waals surface area contributed by atoms with Crippen molar-refractivity contribution in [2.24, 2.45) is 5.10 Å². The minimum Gasteiger partial charge on any atom is -0.495 e. The van der Waals surface area contributed by atoms with Gasteiger partial charge in [-0.1, -0.05) is 12.1 Å². The van der Waals surface area contributed by atoms with E-state index < -0.39 is 0 Å². The summed E-state index contributed by atoms with van der Waals surface area (Å²) < 4.78 is 5.29. The van der Waals surface area contributed by atoms with Gasteiger partial charge in [0.2, 0.25) is 0 Å².